The van der Waals surface area contributed by atoms with Gasteiger partial charge in [-0.1, -0.05) is 11.6 Å². The Labute approximate surface area is 98.5 Å². The highest BCUT2D eigenvalue weighted by molar-refractivity contribution is 7.92. The van der Waals surface area contributed by atoms with Gasteiger partial charge in [0.15, 0.2) is 9.84 Å². The molecule has 1 aromatic rings. The first-order chi connectivity index (χ1) is 7.40. The van der Waals surface area contributed by atoms with Gasteiger partial charge in [-0.2, -0.15) is 5.26 Å². The maximum atomic E-state index is 12.0. The highest BCUT2D eigenvalue weighted by atomic mass is 35.5. The lowest BCUT2D eigenvalue weighted by Gasteiger charge is -2.04. The molecule has 1 aliphatic carbocycles. The van der Waals surface area contributed by atoms with E-state index in [1.165, 1.54) is 24.3 Å². The van der Waals surface area contributed by atoms with E-state index in [1.54, 1.807) is 0 Å². The third-order valence-corrected chi connectivity index (χ3v) is 5.18. The van der Waals surface area contributed by atoms with Crippen LogP contribution in [0, 0.1) is 11.3 Å². The molecule has 0 heterocycles. The van der Waals surface area contributed by atoms with E-state index >= 15 is 0 Å². The van der Waals surface area contributed by atoms with Crippen molar-refractivity contribution in [2.75, 3.05) is 0 Å². The first-order valence-electron chi connectivity index (χ1n) is 4.60. The fourth-order valence-electron chi connectivity index (χ4n) is 1.54. The third kappa shape index (κ3) is 1.69. The van der Waals surface area contributed by atoms with Gasteiger partial charge < -0.3 is 5.73 Å². The van der Waals surface area contributed by atoms with Crippen molar-refractivity contribution in [3.8, 4) is 6.07 Å². The number of hydrogen-bond acceptors (Lipinski definition) is 4. The Morgan fingerprint density at radius 1 is 1.44 bits per heavy atom. The lowest BCUT2D eigenvalue weighted by molar-refractivity contribution is 0.592. The van der Waals surface area contributed by atoms with Crippen molar-refractivity contribution in [3.63, 3.8) is 0 Å². The summed E-state index contributed by atoms with van der Waals surface area (Å²) in [6, 6.07) is 7.68. The van der Waals surface area contributed by atoms with Crippen LogP contribution in [0.15, 0.2) is 29.2 Å². The summed E-state index contributed by atoms with van der Waals surface area (Å²) in [5.41, 5.74) is 4.35. The minimum atomic E-state index is -3.51. The third-order valence-electron chi connectivity index (χ3n) is 2.66. The van der Waals surface area contributed by atoms with Crippen LogP contribution >= 0.6 is 11.6 Å². The summed E-state index contributed by atoms with van der Waals surface area (Å²) in [5.74, 6) is 0. The van der Waals surface area contributed by atoms with E-state index in [1.807, 2.05) is 6.07 Å². The smallest absolute Gasteiger partial charge is 0.184 e. The number of hydrogen-bond donors (Lipinski definition) is 1. The molecule has 2 rings (SSSR count). The molecule has 16 heavy (non-hydrogen) atoms. The highest BCUT2D eigenvalue weighted by Crippen LogP contribution is 2.42. The van der Waals surface area contributed by atoms with Gasteiger partial charge in [0.2, 0.25) is 0 Å². The summed E-state index contributed by atoms with van der Waals surface area (Å²) < 4.78 is 24.0. The summed E-state index contributed by atoms with van der Waals surface area (Å²) in [6.07, 6.45) is 0.189. The second kappa shape index (κ2) is 3.45. The van der Waals surface area contributed by atoms with E-state index in [-0.39, 0.29) is 11.3 Å². The first-order valence-corrected chi connectivity index (χ1v) is 6.52. The van der Waals surface area contributed by atoms with Gasteiger partial charge in [0.25, 0.3) is 0 Å². The average Bonchev–Trinajstić information content (AvgIpc) is 2.93. The van der Waals surface area contributed by atoms with E-state index in [0.717, 1.165) is 0 Å². The van der Waals surface area contributed by atoms with E-state index in [4.69, 9.17) is 22.6 Å². The number of halogens is 1. The number of sulfone groups is 1. The van der Waals surface area contributed by atoms with Gasteiger partial charge in [-0.05, 0) is 30.7 Å². The summed E-state index contributed by atoms with van der Waals surface area (Å²) in [4.78, 5) is 0.157. The Kier molecular flexibility index (Phi) is 2.46. The number of nitriles is 1. The van der Waals surface area contributed by atoms with E-state index in [9.17, 15) is 8.42 Å². The molecule has 0 unspecified atom stereocenters. The van der Waals surface area contributed by atoms with Crippen molar-refractivity contribution in [1.82, 2.24) is 0 Å². The zero-order chi connectivity index (χ0) is 12.0. The molecule has 1 aliphatic rings. The quantitative estimate of drug-likeness (QED) is 0.859. The number of rotatable bonds is 2. The van der Waals surface area contributed by atoms with Crippen LogP contribution in [0.3, 0.4) is 0 Å². The molecular weight excluding hydrogens is 248 g/mol. The minimum Gasteiger partial charge on any atom is -0.312 e. The van der Waals surface area contributed by atoms with E-state index in [2.05, 4.69) is 0 Å². The molecule has 0 bridgehead atoms. The lowest BCUT2D eigenvalue weighted by atomic mass is 10.3. The maximum absolute atomic E-state index is 12.0. The standard InChI is InChI=1S/C10H9ClN2O2S/c11-7-1-3-8(4-2-7)16(14,15)9-5-10(9,13)6-12/h1-4,9H,5,13H2/t9-,10-/m1/s1. The monoisotopic (exact) mass is 256 g/mol. The SMILES string of the molecule is N#C[C@]1(N)C[C@H]1S(=O)(=O)c1ccc(Cl)cc1. The van der Waals surface area contributed by atoms with Crippen molar-refractivity contribution in [2.24, 2.45) is 5.73 Å². The molecule has 0 aliphatic heterocycles. The van der Waals surface area contributed by atoms with Gasteiger partial charge >= 0.3 is 0 Å². The average molecular weight is 257 g/mol. The van der Waals surface area contributed by atoms with Crippen molar-refractivity contribution >= 4 is 21.4 Å². The zero-order valence-corrected chi connectivity index (χ0v) is 9.79. The number of benzene rings is 1. The Morgan fingerprint density at radius 2 is 2.00 bits per heavy atom. The molecule has 1 fully saturated rings. The van der Waals surface area contributed by atoms with Gasteiger partial charge in [-0.15, -0.1) is 0 Å². The Hall–Kier alpha value is -1.09. The minimum absolute atomic E-state index is 0.157. The molecule has 6 heteroatoms. The molecule has 84 valence electrons. The Balaban J connectivity index is 2.36. The van der Waals surface area contributed by atoms with Crippen LogP contribution < -0.4 is 5.73 Å². The molecule has 2 N–H and O–H groups in total. The largest absolute Gasteiger partial charge is 0.312 e. The predicted octanol–water partition coefficient (Wildman–Crippen LogP) is 1.11. The molecule has 4 nitrogen and oxygen atoms in total. The van der Waals surface area contributed by atoms with Crippen molar-refractivity contribution in [2.45, 2.75) is 22.1 Å². The van der Waals surface area contributed by atoms with Crippen molar-refractivity contribution < 1.29 is 8.42 Å². The molecule has 0 saturated heterocycles. The van der Waals surface area contributed by atoms with Gasteiger partial charge in [-0.3, -0.25) is 0 Å². The highest BCUT2D eigenvalue weighted by Gasteiger charge is 2.60. The summed E-state index contributed by atoms with van der Waals surface area (Å²) >= 11 is 5.67. The molecule has 0 aromatic heterocycles. The number of nitrogens with zero attached hydrogens (tertiary/aromatic N) is 1. The van der Waals surface area contributed by atoms with Gasteiger partial charge in [0.05, 0.1) is 11.0 Å². The topological polar surface area (TPSA) is 83.9 Å². The molecular formula is C10H9ClN2O2S. The second-order valence-corrected chi connectivity index (χ2v) is 6.41. The molecule has 0 spiro atoms. The predicted molar refractivity (Wildman–Crippen MR) is 59.6 cm³/mol. The van der Waals surface area contributed by atoms with Crippen LogP contribution in [0.1, 0.15) is 6.42 Å². The molecule has 0 radical (unpaired) electrons. The van der Waals surface area contributed by atoms with E-state index < -0.39 is 20.6 Å². The fraction of sp³-hybridized carbons (Fsp3) is 0.300. The van der Waals surface area contributed by atoms with Crippen molar-refractivity contribution in [3.05, 3.63) is 29.3 Å². The molecule has 1 saturated carbocycles. The van der Waals surface area contributed by atoms with Gasteiger partial charge in [0, 0.05) is 5.02 Å². The van der Waals surface area contributed by atoms with Crippen LogP contribution in [-0.4, -0.2) is 19.2 Å². The molecule has 0 amide bonds. The molecule has 2 atom stereocenters. The Bertz CT molecular complexity index is 561. The zero-order valence-electron chi connectivity index (χ0n) is 8.22. The normalized spacial score (nSPS) is 28.4. The van der Waals surface area contributed by atoms with Crippen LogP contribution in [0.25, 0.3) is 0 Å². The second-order valence-electron chi connectivity index (χ2n) is 3.84. The van der Waals surface area contributed by atoms with Crippen LogP contribution in [0.5, 0.6) is 0 Å². The van der Waals surface area contributed by atoms with Gasteiger partial charge in [-0.25, -0.2) is 8.42 Å². The fourth-order valence-corrected chi connectivity index (χ4v) is 3.61. The van der Waals surface area contributed by atoms with Crippen LogP contribution in [0.4, 0.5) is 0 Å². The first kappa shape index (κ1) is 11.4. The number of nitrogens with two attached hydrogens (primary N) is 1. The molecule has 1 aromatic carbocycles. The summed E-state index contributed by atoms with van der Waals surface area (Å²) in [7, 11) is -3.51. The van der Waals surface area contributed by atoms with E-state index in [0.29, 0.717) is 5.02 Å². The summed E-state index contributed by atoms with van der Waals surface area (Å²) in [5, 5.41) is 8.40. The van der Waals surface area contributed by atoms with Crippen LogP contribution in [0.2, 0.25) is 5.02 Å². The lowest BCUT2D eigenvalue weighted by Crippen LogP contribution is -2.28. The van der Waals surface area contributed by atoms with Crippen molar-refractivity contribution in [1.29, 1.82) is 5.26 Å². The Morgan fingerprint density at radius 3 is 2.44 bits per heavy atom. The van der Waals surface area contributed by atoms with Crippen LogP contribution in [-0.2, 0) is 9.84 Å². The summed E-state index contributed by atoms with van der Waals surface area (Å²) in [6.45, 7) is 0. The van der Waals surface area contributed by atoms with Gasteiger partial charge in [0.1, 0.15) is 10.8 Å². The maximum Gasteiger partial charge on any atom is 0.184 e.